The van der Waals surface area contributed by atoms with Gasteiger partial charge < -0.3 is 14.4 Å². The lowest BCUT2D eigenvalue weighted by atomic mass is 9.91. The zero-order valence-corrected chi connectivity index (χ0v) is 10.3. The number of aliphatic hydroxyl groups is 1. The predicted molar refractivity (Wildman–Crippen MR) is 63.8 cm³/mol. The molecule has 0 spiro atoms. The molecule has 4 heteroatoms. The number of hydrogen-bond donors (Lipinski definition) is 1. The second kappa shape index (κ2) is 4.92. The minimum Gasteiger partial charge on any atom is -0.469 e. The Hall–Kier alpha value is -1.29. The molecule has 0 aromatic carbocycles. The summed E-state index contributed by atoms with van der Waals surface area (Å²) in [5.41, 5.74) is 0.558. The fraction of sp³-hybridized carbons (Fsp3) is 0.615. The summed E-state index contributed by atoms with van der Waals surface area (Å²) in [4.78, 5) is 13.8. The largest absolute Gasteiger partial charge is 0.469 e. The third-order valence-electron chi connectivity index (χ3n) is 3.49. The van der Waals surface area contributed by atoms with Crippen molar-refractivity contribution in [2.45, 2.75) is 44.8 Å². The molecule has 1 saturated carbocycles. The average Bonchev–Trinajstić information content (AvgIpc) is 2.75. The van der Waals surface area contributed by atoms with Crippen molar-refractivity contribution in [2.24, 2.45) is 0 Å². The van der Waals surface area contributed by atoms with Crippen LogP contribution in [0.25, 0.3) is 0 Å². The minimum atomic E-state index is -0.398. The molecule has 1 heterocycles. The molecule has 2 rings (SSSR count). The maximum Gasteiger partial charge on any atom is 0.257 e. The lowest BCUT2D eigenvalue weighted by Gasteiger charge is -2.34. The number of nitrogens with zero attached hydrogens (tertiary/aromatic N) is 1. The highest BCUT2D eigenvalue weighted by Crippen LogP contribution is 2.23. The van der Waals surface area contributed by atoms with Crippen molar-refractivity contribution < 1.29 is 14.3 Å². The van der Waals surface area contributed by atoms with E-state index in [1.807, 2.05) is 6.92 Å². The highest BCUT2D eigenvalue weighted by Gasteiger charge is 2.30. The molecule has 2 unspecified atom stereocenters. The van der Waals surface area contributed by atoms with Crippen LogP contribution >= 0.6 is 0 Å². The molecule has 2 atom stereocenters. The predicted octanol–water partition coefficient (Wildman–Crippen LogP) is 1.96. The maximum absolute atomic E-state index is 12.2. The van der Waals surface area contributed by atoms with Crippen molar-refractivity contribution in [1.82, 2.24) is 4.90 Å². The Morgan fingerprint density at radius 1 is 1.47 bits per heavy atom. The summed E-state index contributed by atoms with van der Waals surface area (Å²) in [7, 11) is 1.75. The van der Waals surface area contributed by atoms with Gasteiger partial charge in [0, 0.05) is 7.05 Å². The molecule has 4 nitrogen and oxygen atoms in total. The van der Waals surface area contributed by atoms with Crippen molar-refractivity contribution in [1.29, 1.82) is 0 Å². The van der Waals surface area contributed by atoms with E-state index < -0.39 is 6.10 Å². The van der Waals surface area contributed by atoms with Crippen LogP contribution in [-0.4, -0.2) is 35.1 Å². The van der Waals surface area contributed by atoms with Crippen LogP contribution in [0.1, 0.15) is 41.8 Å². The van der Waals surface area contributed by atoms with Crippen molar-refractivity contribution in [2.75, 3.05) is 7.05 Å². The second-order valence-electron chi connectivity index (χ2n) is 4.78. The van der Waals surface area contributed by atoms with Gasteiger partial charge in [0.05, 0.1) is 17.7 Å². The van der Waals surface area contributed by atoms with Gasteiger partial charge in [-0.15, -0.1) is 0 Å². The van der Waals surface area contributed by atoms with Crippen molar-refractivity contribution in [3.8, 4) is 0 Å². The van der Waals surface area contributed by atoms with Gasteiger partial charge in [-0.2, -0.15) is 0 Å². The van der Waals surface area contributed by atoms with E-state index in [1.165, 1.54) is 6.26 Å². The van der Waals surface area contributed by atoms with E-state index in [-0.39, 0.29) is 11.9 Å². The van der Waals surface area contributed by atoms with Gasteiger partial charge in [0.25, 0.3) is 5.91 Å². The zero-order chi connectivity index (χ0) is 12.4. The van der Waals surface area contributed by atoms with Crippen molar-refractivity contribution in [3.05, 3.63) is 23.7 Å². The summed E-state index contributed by atoms with van der Waals surface area (Å²) in [6.45, 7) is 1.81. The van der Waals surface area contributed by atoms with E-state index in [2.05, 4.69) is 0 Å². The van der Waals surface area contributed by atoms with Crippen molar-refractivity contribution in [3.63, 3.8) is 0 Å². The molecule has 0 bridgehead atoms. The topological polar surface area (TPSA) is 53.7 Å². The normalized spacial score (nSPS) is 24.6. The van der Waals surface area contributed by atoms with Gasteiger partial charge in [-0.1, -0.05) is 12.8 Å². The van der Waals surface area contributed by atoms with Gasteiger partial charge in [-0.25, -0.2) is 0 Å². The molecule has 1 aromatic heterocycles. The summed E-state index contributed by atoms with van der Waals surface area (Å²) in [6.07, 6.45) is 4.86. The molecule has 94 valence electrons. The van der Waals surface area contributed by atoms with Gasteiger partial charge in [0.2, 0.25) is 0 Å². The summed E-state index contributed by atoms with van der Waals surface area (Å²) >= 11 is 0. The van der Waals surface area contributed by atoms with Crippen LogP contribution in [0.2, 0.25) is 0 Å². The smallest absolute Gasteiger partial charge is 0.257 e. The number of aryl methyl sites for hydroxylation is 1. The fourth-order valence-corrected chi connectivity index (χ4v) is 2.45. The summed E-state index contributed by atoms with van der Waals surface area (Å²) in [5.74, 6) is 0.652. The van der Waals surface area contributed by atoms with Crippen molar-refractivity contribution >= 4 is 5.91 Å². The quantitative estimate of drug-likeness (QED) is 0.855. The van der Waals surface area contributed by atoms with E-state index in [9.17, 15) is 9.90 Å². The van der Waals surface area contributed by atoms with Crippen LogP contribution in [0, 0.1) is 6.92 Å². The van der Waals surface area contributed by atoms with Crippen LogP contribution in [-0.2, 0) is 0 Å². The molecule has 0 radical (unpaired) electrons. The first kappa shape index (κ1) is 12.2. The van der Waals surface area contributed by atoms with Gasteiger partial charge in [0.1, 0.15) is 12.0 Å². The standard InChI is InChI=1S/C13H19NO3/c1-9-7-10(8-17-9)13(16)14(2)11-5-3-4-6-12(11)15/h7-8,11-12,15H,3-6H2,1-2H3. The van der Waals surface area contributed by atoms with Gasteiger partial charge in [-0.3, -0.25) is 4.79 Å². The Labute approximate surface area is 101 Å². The van der Waals surface area contributed by atoms with Crippen LogP contribution < -0.4 is 0 Å². The maximum atomic E-state index is 12.2. The van der Waals surface area contributed by atoms with E-state index in [0.717, 1.165) is 31.4 Å². The van der Waals surface area contributed by atoms with E-state index in [0.29, 0.717) is 5.56 Å². The van der Waals surface area contributed by atoms with E-state index >= 15 is 0 Å². The Morgan fingerprint density at radius 3 is 2.76 bits per heavy atom. The molecule has 1 aliphatic rings. The monoisotopic (exact) mass is 237 g/mol. The number of carbonyl (C=O) groups is 1. The molecule has 1 fully saturated rings. The molecular weight excluding hydrogens is 218 g/mol. The van der Waals surface area contributed by atoms with E-state index in [4.69, 9.17) is 4.42 Å². The molecule has 1 amide bonds. The number of aliphatic hydroxyl groups excluding tert-OH is 1. The first-order valence-electron chi connectivity index (χ1n) is 6.10. The Bertz CT molecular complexity index is 399. The molecule has 0 saturated heterocycles. The average molecular weight is 237 g/mol. The van der Waals surface area contributed by atoms with Crippen LogP contribution in [0.3, 0.4) is 0 Å². The Kier molecular flexibility index (Phi) is 3.52. The molecule has 1 aliphatic carbocycles. The fourth-order valence-electron chi connectivity index (χ4n) is 2.45. The number of hydrogen-bond acceptors (Lipinski definition) is 3. The van der Waals surface area contributed by atoms with Crippen LogP contribution in [0.5, 0.6) is 0 Å². The van der Waals surface area contributed by atoms with Gasteiger partial charge >= 0.3 is 0 Å². The highest BCUT2D eigenvalue weighted by molar-refractivity contribution is 5.94. The summed E-state index contributed by atoms with van der Waals surface area (Å²) < 4.78 is 5.14. The van der Waals surface area contributed by atoms with E-state index in [1.54, 1.807) is 18.0 Å². The number of furan rings is 1. The number of amides is 1. The SMILES string of the molecule is Cc1cc(C(=O)N(C)C2CCCCC2O)co1. The summed E-state index contributed by atoms with van der Waals surface area (Å²) in [5, 5.41) is 9.92. The third-order valence-corrected chi connectivity index (χ3v) is 3.49. The van der Waals surface area contributed by atoms with Crippen LogP contribution in [0.4, 0.5) is 0 Å². The first-order valence-corrected chi connectivity index (χ1v) is 6.10. The lowest BCUT2D eigenvalue weighted by Crippen LogP contribution is -2.46. The Balaban J connectivity index is 2.08. The zero-order valence-electron chi connectivity index (χ0n) is 10.3. The Morgan fingerprint density at radius 2 is 2.18 bits per heavy atom. The molecular formula is C13H19NO3. The second-order valence-corrected chi connectivity index (χ2v) is 4.78. The molecule has 1 N–H and O–H groups in total. The number of likely N-dealkylation sites (N-methyl/N-ethyl adjacent to an activating group) is 1. The molecule has 17 heavy (non-hydrogen) atoms. The van der Waals surface area contributed by atoms with Crippen LogP contribution in [0.15, 0.2) is 16.7 Å². The summed E-state index contributed by atoms with van der Waals surface area (Å²) in [6, 6.07) is 1.67. The number of rotatable bonds is 2. The molecule has 0 aliphatic heterocycles. The lowest BCUT2D eigenvalue weighted by molar-refractivity contribution is 0.0267. The van der Waals surface area contributed by atoms with Gasteiger partial charge in [0.15, 0.2) is 0 Å². The minimum absolute atomic E-state index is 0.0635. The third kappa shape index (κ3) is 2.52. The first-order chi connectivity index (χ1) is 8.09. The molecule has 1 aromatic rings. The van der Waals surface area contributed by atoms with Gasteiger partial charge in [-0.05, 0) is 25.8 Å². The number of carbonyl (C=O) groups excluding carboxylic acids is 1. The highest BCUT2D eigenvalue weighted by atomic mass is 16.3.